The van der Waals surface area contributed by atoms with Crippen molar-refractivity contribution in [3.05, 3.63) is 36.0 Å². The number of pyridine rings is 1. The Kier molecular flexibility index (Phi) is 6.02. The molecule has 110 valence electrons. The molecule has 21 heavy (non-hydrogen) atoms. The molecule has 0 aliphatic rings. The summed E-state index contributed by atoms with van der Waals surface area (Å²) in [4.78, 5) is 4.29. The van der Waals surface area contributed by atoms with Crippen molar-refractivity contribution in [1.29, 1.82) is 5.26 Å². The molecule has 0 saturated carbocycles. The van der Waals surface area contributed by atoms with Gasteiger partial charge in [-0.05, 0) is 18.6 Å². The van der Waals surface area contributed by atoms with Crippen LogP contribution in [-0.4, -0.2) is 11.6 Å². The number of nitrogens with zero attached hydrogens (tertiary/aromatic N) is 2. The molecule has 1 aromatic heterocycles. The van der Waals surface area contributed by atoms with Gasteiger partial charge in [0, 0.05) is 11.6 Å². The number of benzene rings is 1. The molecule has 0 fully saturated rings. The van der Waals surface area contributed by atoms with Crippen LogP contribution in [0.1, 0.15) is 51.0 Å². The van der Waals surface area contributed by atoms with Crippen LogP contribution in [0.2, 0.25) is 0 Å². The second-order valence-corrected chi connectivity index (χ2v) is 5.25. The number of para-hydroxylation sites is 1. The van der Waals surface area contributed by atoms with Gasteiger partial charge in [-0.1, -0.05) is 51.2 Å². The normalized spacial score (nSPS) is 10.5. The Morgan fingerprint density at radius 3 is 2.67 bits per heavy atom. The molecule has 0 aliphatic heterocycles. The number of rotatable bonds is 8. The van der Waals surface area contributed by atoms with Crippen LogP contribution in [0, 0.1) is 11.3 Å². The van der Waals surface area contributed by atoms with Gasteiger partial charge in [0.05, 0.1) is 12.1 Å². The van der Waals surface area contributed by atoms with Gasteiger partial charge in [-0.3, -0.25) is 4.98 Å². The van der Waals surface area contributed by atoms with Crippen molar-refractivity contribution in [3.8, 4) is 11.8 Å². The first-order valence-electron chi connectivity index (χ1n) is 7.77. The minimum atomic E-state index is 0.514. The number of unbranched alkanes of at least 4 members (excludes halogenated alkanes) is 5. The van der Waals surface area contributed by atoms with Gasteiger partial charge in [0.2, 0.25) is 0 Å². The highest BCUT2D eigenvalue weighted by Crippen LogP contribution is 2.27. The summed E-state index contributed by atoms with van der Waals surface area (Å²) in [6.45, 7) is 2.88. The highest BCUT2D eigenvalue weighted by Gasteiger charge is 2.09. The van der Waals surface area contributed by atoms with E-state index in [9.17, 15) is 5.26 Å². The zero-order chi connectivity index (χ0) is 14.9. The molecule has 1 aromatic carbocycles. The summed E-state index contributed by atoms with van der Waals surface area (Å²) in [6.07, 6.45) is 8.96. The first kappa shape index (κ1) is 15.3. The van der Waals surface area contributed by atoms with E-state index in [1.54, 1.807) is 6.20 Å². The molecule has 0 spiro atoms. The third-order valence-electron chi connectivity index (χ3n) is 3.59. The van der Waals surface area contributed by atoms with Gasteiger partial charge in [-0.25, -0.2) is 0 Å². The van der Waals surface area contributed by atoms with Crippen LogP contribution >= 0.6 is 0 Å². The fraction of sp³-hybridized carbons (Fsp3) is 0.444. The van der Waals surface area contributed by atoms with E-state index < -0.39 is 0 Å². The van der Waals surface area contributed by atoms with Crippen LogP contribution in [0.4, 0.5) is 0 Å². The summed E-state index contributed by atoms with van der Waals surface area (Å²) in [5.74, 6) is 0.677. The van der Waals surface area contributed by atoms with Crippen LogP contribution in [0.15, 0.2) is 30.5 Å². The maximum atomic E-state index is 9.21. The third-order valence-corrected chi connectivity index (χ3v) is 3.59. The molecule has 0 bridgehead atoms. The molecular weight excluding hydrogens is 260 g/mol. The molecule has 0 atom stereocenters. The minimum Gasteiger partial charge on any atom is -0.491 e. The first-order chi connectivity index (χ1) is 10.4. The minimum absolute atomic E-state index is 0.514. The zero-order valence-corrected chi connectivity index (χ0v) is 12.6. The summed E-state index contributed by atoms with van der Waals surface area (Å²) < 4.78 is 5.89. The van der Waals surface area contributed by atoms with Crippen LogP contribution in [0.25, 0.3) is 10.9 Å². The number of fused-ring (bicyclic) bond motifs is 1. The maximum absolute atomic E-state index is 9.21. The highest BCUT2D eigenvalue weighted by molar-refractivity contribution is 5.86. The van der Waals surface area contributed by atoms with Crippen molar-refractivity contribution >= 4 is 10.9 Å². The van der Waals surface area contributed by atoms with E-state index in [1.165, 1.54) is 32.1 Å². The summed E-state index contributed by atoms with van der Waals surface area (Å²) in [5, 5.41) is 10.1. The van der Waals surface area contributed by atoms with Gasteiger partial charge in [0.15, 0.2) is 0 Å². The van der Waals surface area contributed by atoms with Crippen molar-refractivity contribution in [2.45, 2.75) is 45.4 Å². The summed E-state index contributed by atoms with van der Waals surface area (Å²) >= 11 is 0. The Bertz CT molecular complexity index is 616. The molecule has 0 N–H and O–H groups in total. The zero-order valence-electron chi connectivity index (χ0n) is 12.6. The Morgan fingerprint density at radius 2 is 1.86 bits per heavy atom. The van der Waals surface area contributed by atoms with Gasteiger partial charge in [0.1, 0.15) is 17.4 Å². The van der Waals surface area contributed by atoms with E-state index in [0.29, 0.717) is 17.9 Å². The van der Waals surface area contributed by atoms with Crippen LogP contribution in [0.3, 0.4) is 0 Å². The molecule has 2 aromatic rings. The highest BCUT2D eigenvalue weighted by atomic mass is 16.5. The van der Waals surface area contributed by atoms with Gasteiger partial charge < -0.3 is 4.74 Å². The lowest BCUT2D eigenvalue weighted by Gasteiger charge is -2.10. The third kappa shape index (κ3) is 4.19. The van der Waals surface area contributed by atoms with Crippen molar-refractivity contribution in [2.75, 3.05) is 6.61 Å². The standard InChI is InChI=1S/C18H22N2O/c1-2-3-4-5-6-9-12-21-18-15(13-19)14-20-17-11-8-7-10-16(17)18/h7-8,10-11,14H,2-6,9,12H2,1H3. The summed E-state index contributed by atoms with van der Waals surface area (Å²) in [7, 11) is 0. The fourth-order valence-corrected chi connectivity index (χ4v) is 2.41. The number of ether oxygens (including phenoxy) is 1. The molecule has 3 heteroatoms. The Labute approximate surface area is 126 Å². The monoisotopic (exact) mass is 282 g/mol. The number of aromatic nitrogens is 1. The SMILES string of the molecule is CCCCCCCCOc1c(C#N)cnc2ccccc12. The molecule has 0 amide bonds. The van der Waals surface area contributed by atoms with Crippen LogP contribution < -0.4 is 4.74 Å². The van der Waals surface area contributed by atoms with E-state index >= 15 is 0 Å². The smallest absolute Gasteiger partial charge is 0.148 e. The van der Waals surface area contributed by atoms with Gasteiger partial charge >= 0.3 is 0 Å². The van der Waals surface area contributed by atoms with E-state index in [1.807, 2.05) is 24.3 Å². The topological polar surface area (TPSA) is 45.9 Å². The fourth-order valence-electron chi connectivity index (χ4n) is 2.41. The van der Waals surface area contributed by atoms with Crippen molar-refractivity contribution in [1.82, 2.24) is 4.98 Å². The van der Waals surface area contributed by atoms with E-state index in [0.717, 1.165) is 17.3 Å². The molecule has 0 aliphatic carbocycles. The molecule has 3 nitrogen and oxygen atoms in total. The van der Waals surface area contributed by atoms with Crippen LogP contribution in [-0.2, 0) is 0 Å². The van der Waals surface area contributed by atoms with Gasteiger partial charge in [0.25, 0.3) is 0 Å². The van der Waals surface area contributed by atoms with E-state index in [-0.39, 0.29) is 0 Å². The average molecular weight is 282 g/mol. The lowest BCUT2D eigenvalue weighted by molar-refractivity contribution is 0.307. The van der Waals surface area contributed by atoms with E-state index in [2.05, 4.69) is 18.0 Å². The quantitative estimate of drug-likeness (QED) is 0.650. The predicted octanol–water partition coefficient (Wildman–Crippen LogP) is 4.85. The summed E-state index contributed by atoms with van der Waals surface area (Å²) in [5.41, 5.74) is 1.38. The lowest BCUT2D eigenvalue weighted by Crippen LogP contribution is -2.00. The second kappa shape index (κ2) is 8.26. The lowest BCUT2D eigenvalue weighted by atomic mass is 10.1. The molecular formula is C18H22N2O. The number of hydrogen-bond acceptors (Lipinski definition) is 3. The number of hydrogen-bond donors (Lipinski definition) is 0. The van der Waals surface area contributed by atoms with Crippen molar-refractivity contribution in [3.63, 3.8) is 0 Å². The predicted molar refractivity (Wildman–Crippen MR) is 85.3 cm³/mol. The Morgan fingerprint density at radius 1 is 1.10 bits per heavy atom. The molecule has 0 radical (unpaired) electrons. The van der Waals surface area contributed by atoms with Gasteiger partial charge in [-0.2, -0.15) is 5.26 Å². The largest absolute Gasteiger partial charge is 0.491 e. The Hall–Kier alpha value is -2.08. The molecule has 1 heterocycles. The average Bonchev–Trinajstić information content (AvgIpc) is 2.54. The van der Waals surface area contributed by atoms with Crippen LogP contribution in [0.5, 0.6) is 5.75 Å². The molecule has 0 unspecified atom stereocenters. The maximum Gasteiger partial charge on any atom is 0.148 e. The first-order valence-corrected chi connectivity index (χ1v) is 7.77. The Balaban J connectivity index is 1.96. The second-order valence-electron chi connectivity index (χ2n) is 5.25. The molecule has 2 rings (SSSR count). The summed E-state index contributed by atoms with van der Waals surface area (Å²) in [6, 6.07) is 9.96. The molecule has 0 saturated heterocycles. The van der Waals surface area contributed by atoms with E-state index in [4.69, 9.17) is 4.74 Å². The van der Waals surface area contributed by atoms with Crippen molar-refractivity contribution < 1.29 is 4.74 Å². The number of nitriles is 1. The van der Waals surface area contributed by atoms with Gasteiger partial charge in [-0.15, -0.1) is 0 Å². The van der Waals surface area contributed by atoms with Crippen molar-refractivity contribution in [2.24, 2.45) is 0 Å².